The molecule has 0 aliphatic rings. The van der Waals surface area contributed by atoms with Gasteiger partial charge in [-0.15, -0.1) is 11.3 Å². The number of hydrogen-bond acceptors (Lipinski definition) is 5. The smallest absolute Gasteiger partial charge is 0.210 e. The quantitative estimate of drug-likeness (QED) is 0.783. The van der Waals surface area contributed by atoms with Crippen LogP contribution in [0.4, 0.5) is 5.13 Å². The van der Waals surface area contributed by atoms with Crippen LogP contribution in [0.2, 0.25) is 0 Å². The van der Waals surface area contributed by atoms with E-state index in [0.29, 0.717) is 16.5 Å². The molecule has 20 heavy (non-hydrogen) atoms. The van der Waals surface area contributed by atoms with Crippen molar-refractivity contribution in [2.24, 2.45) is 0 Å². The topological polar surface area (TPSA) is 73.8 Å². The van der Waals surface area contributed by atoms with Gasteiger partial charge in [0, 0.05) is 17.1 Å². The molecule has 5 nitrogen and oxygen atoms in total. The third-order valence-electron chi connectivity index (χ3n) is 2.87. The zero-order chi connectivity index (χ0) is 14.1. The third kappa shape index (κ3) is 2.21. The molecule has 0 radical (unpaired) electrons. The van der Waals surface area contributed by atoms with E-state index in [1.807, 2.05) is 37.3 Å². The molecule has 6 heteroatoms. The molecule has 3 aromatic rings. The largest absolute Gasteiger partial charge is 0.375 e. The van der Waals surface area contributed by atoms with Crippen LogP contribution in [0.1, 0.15) is 5.69 Å². The van der Waals surface area contributed by atoms with Gasteiger partial charge in [-0.3, -0.25) is 4.79 Å². The highest BCUT2D eigenvalue weighted by Gasteiger charge is 2.12. The summed E-state index contributed by atoms with van der Waals surface area (Å²) < 4.78 is 1.73. The Morgan fingerprint density at radius 2 is 2.00 bits per heavy atom. The molecular formula is C14H12N4OS. The van der Waals surface area contributed by atoms with Crippen LogP contribution >= 0.6 is 11.3 Å². The molecule has 3 rings (SSSR count). The minimum Gasteiger partial charge on any atom is -0.375 e. The van der Waals surface area contributed by atoms with Crippen LogP contribution in [-0.4, -0.2) is 14.8 Å². The Bertz CT molecular complexity index is 808. The van der Waals surface area contributed by atoms with Gasteiger partial charge in [0.2, 0.25) is 5.43 Å². The molecule has 0 saturated heterocycles. The highest BCUT2D eigenvalue weighted by molar-refractivity contribution is 7.13. The molecule has 0 spiro atoms. The number of nitrogens with zero attached hydrogens (tertiary/aromatic N) is 3. The van der Waals surface area contributed by atoms with Gasteiger partial charge in [0.1, 0.15) is 5.69 Å². The molecule has 2 aromatic heterocycles. The van der Waals surface area contributed by atoms with Crippen molar-refractivity contribution >= 4 is 16.5 Å². The fraction of sp³-hybridized carbons (Fsp3) is 0.0714. The van der Waals surface area contributed by atoms with Crippen LogP contribution < -0.4 is 11.2 Å². The van der Waals surface area contributed by atoms with Gasteiger partial charge in [0.15, 0.2) is 10.8 Å². The van der Waals surface area contributed by atoms with E-state index in [0.717, 1.165) is 11.4 Å². The number of hydrogen-bond donors (Lipinski definition) is 1. The van der Waals surface area contributed by atoms with Crippen molar-refractivity contribution < 1.29 is 0 Å². The number of aromatic nitrogens is 3. The van der Waals surface area contributed by atoms with E-state index in [9.17, 15) is 4.79 Å². The fourth-order valence-corrected chi connectivity index (χ4v) is 2.50. The van der Waals surface area contributed by atoms with Gasteiger partial charge in [0.25, 0.3) is 0 Å². The van der Waals surface area contributed by atoms with E-state index in [-0.39, 0.29) is 5.43 Å². The lowest BCUT2D eigenvalue weighted by atomic mass is 10.2. The Hall–Kier alpha value is -2.47. The zero-order valence-electron chi connectivity index (χ0n) is 10.8. The van der Waals surface area contributed by atoms with Crippen molar-refractivity contribution in [1.29, 1.82) is 0 Å². The summed E-state index contributed by atoms with van der Waals surface area (Å²) in [5.74, 6) is 0. The second-order valence-electron chi connectivity index (χ2n) is 4.32. The standard InChI is InChI=1S/C14H12N4OS/c1-9-7-12(19)13(11-8-20-14(15)16-11)17-18(9)10-5-3-2-4-6-10/h2-8H,1H3,(H2,15,16). The number of benzene rings is 1. The fourth-order valence-electron chi connectivity index (χ4n) is 1.95. The van der Waals surface area contributed by atoms with E-state index in [1.54, 1.807) is 16.1 Å². The summed E-state index contributed by atoms with van der Waals surface area (Å²) in [4.78, 5) is 16.2. The number of nitrogens with two attached hydrogens (primary N) is 1. The molecule has 2 heterocycles. The first kappa shape index (κ1) is 12.6. The van der Waals surface area contributed by atoms with E-state index >= 15 is 0 Å². The predicted octanol–water partition coefficient (Wildman–Crippen LogP) is 2.25. The maximum absolute atomic E-state index is 12.1. The summed E-state index contributed by atoms with van der Waals surface area (Å²) in [6.07, 6.45) is 0. The molecule has 0 fully saturated rings. The number of anilines is 1. The van der Waals surface area contributed by atoms with Crippen LogP contribution in [0.25, 0.3) is 17.1 Å². The van der Waals surface area contributed by atoms with Gasteiger partial charge in [-0.05, 0) is 19.1 Å². The van der Waals surface area contributed by atoms with Gasteiger partial charge in [-0.25, -0.2) is 9.67 Å². The van der Waals surface area contributed by atoms with Crippen molar-refractivity contribution in [2.45, 2.75) is 6.92 Å². The summed E-state index contributed by atoms with van der Waals surface area (Å²) in [5, 5.41) is 6.58. The third-order valence-corrected chi connectivity index (χ3v) is 3.55. The summed E-state index contributed by atoms with van der Waals surface area (Å²) in [7, 11) is 0. The molecule has 100 valence electrons. The van der Waals surface area contributed by atoms with E-state index in [1.165, 1.54) is 11.3 Å². The van der Waals surface area contributed by atoms with Gasteiger partial charge in [-0.1, -0.05) is 18.2 Å². The molecule has 0 bridgehead atoms. The minimum atomic E-state index is -0.153. The SMILES string of the molecule is Cc1cc(=O)c(-c2csc(N)n2)nn1-c1ccccc1. The first-order valence-electron chi connectivity index (χ1n) is 6.03. The van der Waals surface area contributed by atoms with Crippen molar-refractivity contribution in [3.8, 4) is 17.1 Å². The molecule has 2 N–H and O–H groups in total. The minimum absolute atomic E-state index is 0.153. The number of thiazole rings is 1. The summed E-state index contributed by atoms with van der Waals surface area (Å²) in [6.45, 7) is 1.85. The highest BCUT2D eigenvalue weighted by Crippen LogP contribution is 2.19. The van der Waals surface area contributed by atoms with Gasteiger partial charge < -0.3 is 5.73 Å². The highest BCUT2D eigenvalue weighted by atomic mass is 32.1. The van der Waals surface area contributed by atoms with Crippen LogP contribution in [-0.2, 0) is 0 Å². The van der Waals surface area contributed by atoms with E-state index in [2.05, 4.69) is 10.1 Å². The van der Waals surface area contributed by atoms with Crippen molar-refractivity contribution in [3.05, 3.63) is 57.7 Å². The number of nitrogen functional groups attached to an aromatic ring is 1. The van der Waals surface area contributed by atoms with E-state index < -0.39 is 0 Å². The predicted molar refractivity (Wildman–Crippen MR) is 80.1 cm³/mol. The Labute approximate surface area is 119 Å². The molecular weight excluding hydrogens is 272 g/mol. The average Bonchev–Trinajstić information content (AvgIpc) is 2.86. The average molecular weight is 284 g/mol. The Balaban J connectivity index is 2.21. The van der Waals surface area contributed by atoms with Crippen LogP contribution in [0.5, 0.6) is 0 Å². The first-order valence-corrected chi connectivity index (χ1v) is 6.91. The molecule has 0 amide bonds. The molecule has 0 saturated carbocycles. The lowest BCUT2D eigenvalue weighted by Gasteiger charge is -2.10. The number of aryl methyl sites for hydroxylation is 1. The van der Waals surface area contributed by atoms with Crippen LogP contribution in [0.3, 0.4) is 0 Å². The maximum atomic E-state index is 12.1. The Kier molecular flexibility index (Phi) is 3.08. The van der Waals surface area contributed by atoms with Gasteiger partial charge in [0.05, 0.1) is 5.69 Å². The lowest BCUT2D eigenvalue weighted by molar-refractivity contribution is 0.804. The number of rotatable bonds is 2. The zero-order valence-corrected chi connectivity index (χ0v) is 11.6. The Morgan fingerprint density at radius 1 is 1.25 bits per heavy atom. The second kappa shape index (κ2) is 4.90. The van der Waals surface area contributed by atoms with Crippen LogP contribution in [0.15, 0.2) is 46.6 Å². The molecule has 0 unspecified atom stereocenters. The molecule has 0 atom stereocenters. The summed E-state index contributed by atoms with van der Waals surface area (Å²) in [5.41, 5.74) is 7.96. The van der Waals surface area contributed by atoms with Crippen molar-refractivity contribution in [2.75, 3.05) is 5.73 Å². The van der Waals surface area contributed by atoms with Gasteiger partial charge >= 0.3 is 0 Å². The first-order chi connectivity index (χ1) is 9.65. The van der Waals surface area contributed by atoms with E-state index in [4.69, 9.17) is 5.73 Å². The van der Waals surface area contributed by atoms with Crippen molar-refractivity contribution in [3.63, 3.8) is 0 Å². The summed E-state index contributed by atoms with van der Waals surface area (Å²) >= 11 is 1.29. The van der Waals surface area contributed by atoms with Crippen LogP contribution in [0, 0.1) is 6.92 Å². The van der Waals surface area contributed by atoms with Crippen molar-refractivity contribution in [1.82, 2.24) is 14.8 Å². The van der Waals surface area contributed by atoms with Gasteiger partial charge in [-0.2, -0.15) is 5.10 Å². The second-order valence-corrected chi connectivity index (χ2v) is 5.21. The molecule has 0 aliphatic carbocycles. The normalized spacial score (nSPS) is 10.7. The summed E-state index contributed by atoms with van der Waals surface area (Å²) in [6, 6.07) is 11.2. The Morgan fingerprint density at radius 3 is 2.65 bits per heavy atom. The molecule has 1 aromatic carbocycles. The lowest BCUT2D eigenvalue weighted by Crippen LogP contribution is -2.16. The monoisotopic (exact) mass is 284 g/mol. The maximum Gasteiger partial charge on any atom is 0.210 e. The number of para-hydroxylation sites is 1. The molecule has 0 aliphatic heterocycles.